The van der Waals surface area contributed by atoms with E-state index in [0.717, 1.165) is 56.0 Å². The summed E-state index contributed by atoms with van der Waals surface area (Å²) in [5, 5.41) is 27.6. The molecule has 0 atom stereocenters. The fourth-order valence-corrected chi connectivity index (χ4v) is 5.63. The molecule has 12 heteroatoms. The number of hydrogen-bond acceptors (Lipinski definition) is 10. The fourth-order valence-electron chi connectivity index (χ4n) is 3.88. The zero-order valence-corrected chi connectivity index (χ0v) is 21.3. The molecule has 0 saturated carbocycles. The van der Waals surface area contributed by atoms with Gasteiger partial charge in [0, 0.05) is 22.6 Å². The molecule has 0 aliphatic carbocycles. The van der Waals surface area contributed by atoms with Gasteiger partial charge in [-0.3, -0.25) is 0 Å². The van der Waals surface area contributed by atoms with Crippen LogP contribution in [0.5, 0.6) is 11.5 Å². The van der Waals surface area contributed by atoms with Gasteiger partial charge in [0.1, 0.15) is 24.7 Å². The van der Waals surface area contributed by atoms with E-state index in [2.05, 4.69) is 20.4 Å². The number of ether oxygens (including phenoxy) is 2. The lowest BCUT2D eigenvalue weighted by molar-refractivity contribution is 0.216. The van der Waals surface area contributed by atoms with Gasteiger partial charge >= 0.3 is 0 Å². The summed E-state index contributed by atoms with van der Waals surface area (Å²) < 4.78 is 15.8. The van der Waals surface area contributed by atoms with Crippen molar-refractivity contribution in [3.8, 4) is 11.5 Å². The molecule has 6 rings (SSSR count). The highest BCUT2D eigenvalue weighted by molar-refractivity contribution is 8.00. The van der Waals surface area contributed by atoms with E-state index in [4.69, 9.17) is 19.7 Å². The summed E-state index contributed by atoms with van der Waals surface area (Å²) in [5.74, 6) is 4.47. The molecule has 36 heavy (non-hydrogen) atoms. The van der Waals surface area contributed by atoms with Crippen LogP contribution in [0.4, 0.5) is 0 Å². The second-order valence-electron chi connectivity index (χ2n) is 8.04. The van der Waals surface area contributed by atoms with Crippen molar-refractivity contribution >= 4 is 34.9 Å². The number of rotatable bonds is 7. The number of aromatic nitrogens is 6. The number of para-hydroxylation sites is 2. The summed E-state index contributed by atoms with van der Waals surface area (Å²) >= 11 is 3.23. The van der Waals surface area contributed by atoms with Gasteiger partial charge in [0.25, 0.3) is 0 Å². The Morgan fingerprint density at radius 1 is 0.667 bits per heavy atom. The maximum atomic E-state index is 6.14. The summed E-state index contributed by atoms with van der Waals surface area (Å²) in [5.41, 5.74) is 3.76. The molecule has 0 fully saturated rings. The molecule has 2 aliphatic rings. The van der Waals surface area contributed by atoms with E-state index in [-0.39, 0.29) is 0 Å². The lowest BCUT2D eigenvalue weighted by Crippen LogP contribution is -2.18. The molecular formula is C24H22N8O2S2. The molecule has 0 unspecified atom stereocenters. The van der Waals surface area contributed by atoms with Crippen molar-refractivity contribution in [1.29, 1.82) is 0 Å². The minimum Gasteiger partial charge on any atom is -0.489 e. The predicted molar refractivity (Wildman–Crippen MR) is 139 cm³/mol. The Morgan fingerprint density at radius 2 is 1.11 bits per heavy atom. The minimum atomic E-state index is 0.388. The van der Waals surface area contributed by atoms with Gasteiger partial charge in [-0.1, -0.05) is 47.8 Å². The number of fused-ring (bicyclic) bond motifs is 2. The molecule has 2 aromatic carbocycles. The van der Waals surface area contributed by atoms with Crippen molar-refractivity contribution < 1.29 is 9.47 Å². The number of benzene rings is 2. The van der Waals surface area contributed by atoms with Gasteiger partial charge in [-0.25, -0.2) is 0 Å². The Balaban J connectivity index is 1.15. The summed E-state index contributed by atoms with van der Waals surface area (Å²) in [7, 11) is 0. The van der Waals surface area contributed by atoms with Crippen molar-refractivity contribution in [2.45, 2.75) is 24.2 Å². The first-order valence-electron chi connectivity index (χ1n) is 11.4. The zero-order chi connectivity index (χ0) is 24.5. The minimum absolute atomic E-state index is 0.388. The molecular weight excluding hydrogens is 496 g/mol. The number of aryl methyl sites for hydroxylation is 2. The molecule has 0 spiro atoms. The summed E-state index contributed by atoms with van der Waals surface area (Å²) in [4.78, 5) is 0. The second-order valence-corrected chi connectivity index (χ2v) is 9.93. The van der Waals surface area contributed by atoms with Crippen molar-refractivity contribution in [3.05, 3.63) is 71.3 Å². The molecule has 0 saturated heterocycles. The van der Waals surface area contributed by atoms with Crippen LogP contribution >= 0.6 is 23.5 Å². The molecule has 2 aliphatic heterocycles. The number of thioether (sulfide) groups is 2. The van der Waals surface area contributed by atoms with E-state index in [9.17, 15) is 0 Å². The average Bonchev–Trinajstić information content (AvgIpc) is 3.48. The third-order valence-corrected chi connectivity index (χ3v) is 7.51. The Morgan fingerprint density at radius 3 is 1.58 bits per heavy atom. The predicted octanol–water partition coefficient (Wildman–Crippen LogP) is 3.66. The Kier molecular flexibility index (Phi) is 6.20. The maximum absolute atomic E-state index is 6.14. The monoisotopic (exact) mass is 518 g/mol. The van der Waals surface area contributed by atoms with Crippen molar-refractivity contribution in [3.63, 3.8) is 0 Å². The number of hydrogen-bond donors (Lipinski definition) is 0. The molecule has 4 heterocycles. The van der Waals surface area contributed by atoms with Crippen LogP contribution < -0.4 is 9.47 Å². The topological polar surface area (TPSA) is 105 Å². The third-order valence-electron chi connectivity index (χ3n) is 5.65. The third kappa shape index (κ3) is 4.37. The Bertz CT molecular complexity index is 1380. The van der Waals surface area contributed by atoms with Crippen molar-refractivity contribution in [2.24, 2.45) is 10.2 Å². The van der Waals surface area contributed by atoms with Gasteiger partial charge in [-0.05, 0) is 38.1 Å². The first-order chi connectivity index (χ1) is 17.7. The van der Waals surface area contributed by atoms with Gasteiger partial charge in [0.05, 0.1) is 11.4 Å². The van der Waals surface area contributed by atoms with Crippen LogP contribution in [0.15, 0.2) is 69.0 Å². The van der Waals surface area contributed by atoms with Crippen LogP contribution in [0.1, 0.15) is 22.8 Å². The largest absolute Gasteiger partial charge is 0.489 e. The molecule has 10 nitrogen and oxygen atoms in total. The summed E-state index contributed by atoms with van der Waals surface area (Å²) in [6.07, 6.45) is 0. The van der Waals surface area contributed by atoms with E-state index in [1.807, 2.05) is 62.4 Å². The van der Waals surface area contributed by atoms with Crippen LogP contribution in [-0.2, 0) is 0 Å². The van der Waals surface area contributed by atoms with Crippen LogP contribution in [-0.4, -0.2) is 65.9 Å². The van der Waals surface area contributed by atoms with E-state index in [0.29, 0.717) is 24.7 Å². The van der Waals surface area contributed by atoms with Crippen LogP contribution in [0.25, 0.3) is 0 Å². The van der Waals surface area contributed by atoms with Crippen LogP contribution in [0, 0.1) is 13.8 Å². The SMILES string of the molecule is Cc1nnc2n1N=C(c1ccccc1OCCOc1ccccc1C1=Nn3c(C)nnc3SC1)CS2. The highest BCUT2D eigenvalue weighted by Crippen LogP contribution is 2.29. The maximum Gasteiger partial charge on any atom is 0.212 e. The Labute approximate surface area is 215 Å². The summed E-state index contributed by atoms with van der Waals surface area (Å²) in [6, 6.07) is 15.9. The van der Waals surface area contributed by atoms with E-state index < -0.39 is 0 Å². The van der Waals surface area contributed by atoms with E-state index >= 15 is 0 Å². The second kappa shape index (κ2) is 9.78. The summed E-state index contributed by atoms with van der Waals surface area (Å²) in [6.45, 7) is 4.56. The zero-order valence-electron chi connectivity index (χ0n) is 19.7. The highest BCUT2D eigenvalue weighted by atomic mass is 32.2. The van der Waals surface area contributed by atoms with Crippen LogP contribution in [0.2, 0.25) is 0 Å². The lowest BCUT2D eigenvalue weighted by atomic mass is 10.1. The van der Waals surface area contributed by atoms with Gasteiger partial charge in [0.2, 0.25) is 10.3 Å². The normalized spacial score (nSPS) is 14.5. The molecule has 0 radical (unpaired) electrons. The quantitative estimate of drug-likeness (QED) is 0.342. The van der Waals surface area contributed by atoms with Crippen molar-refractivity contribution in [1.82, 2.24) is 29.7 Å². The van der Waals surface area contributed by atoms with Crippen LogP contribution in [0.3, 0.4) is 0 Å². The van der Waals surface area contributed by atoms with Gasteiger partial charge in [-0.15, -0.1) is 20.4 Å². The molecule has 4 aromatic rings. The first-order valence-corrected chi connectivity index (χ1v) is 13.3. The number of nitrogens with zero attached hydrogens (tertiary/aromatic N) is 8. The lowest BCUT2D eigenvalue weighted by Gasteiger charge is -2.18. The van der Waals surface area contributed by atoms with E-state index in [1.165, 1.54) is 0 Å². The Hall–Kier alpha value is -3.64. The first kappa shape index (κ1) is 22.8. The highest BCUT2D eigenvalue weighted by Gasteiger charge is 2.21. The fraction of sp³-hybridized carbons (Fsp3) is 0.250. The molecule has 0 bridgehead atoms. The van der Waals surface area contributed by atoms with Gasteiger partial charge in [0.15, 0.2) is 11.6 Å². The molecule has 0 amide bonds. The standard InChI is InChI=1S/C24H22N8O2S2/c1-15-25-27-23-31(15)29-19(13-35-23)17-7-3-5-9-21(17)33-11-12-34-22-10-6-4-8-18(22)20-14-36-24-28-26-16(2)32(24)30-20/h3-10H,11-14H2,1-2H3. The van der Waals surface area contributed by atoms with Gasteiger partial charge < -0.3 is 9.47 Å². The molecule has 182 valence electrons. The van der Waals surface area contributed by atoms with E-state index in [1.54, 1.807) is 32.9 Å². The molecule has 0 N–H and O–H groups in total. The smallest absolute Gasteiger partial charge is 0.212 e. The van der Waals surface area contributed by atoms with Crippen molar-refractivity contribution in [2.75, 3.05) is 24.7 Å². The average molecular weight is 519 g/mol. The van der Waals surface area contributed by atoms with Gasteiger partial charge in [-0.2, -0.15) is 19.6 Å². The molecule has 2 aromatic heterocycles.